The van der Waals surface area contributed by atoms with Gasteiger partial charge in [-0.15, -0.1) is 0 Å². The van der Waals surface area contributed by atoms with Crippen molar-refractivity contribution in [2.24, 2.45) is 0 Å². The van der Waals surface area contributed by atoms with Crippen LogP contribution >= 0.6 is 11.6 Å². The minimum Gasteiger partial charge on any atom is -0.396 e. The van der Waals surface area contributed by atoms with E-state index in [0.29, 0.717) is 18.1 Å². The Bertz CT molecular complexity index is 508. The molecule has 4 heteroatoms. The lowest BCUT2D eigenvalue weighted by molar-refractivity contribution is 0.299. The van der Waals surface area contributed by atoms with Gasteiger partial charge in [-0.25, -0.2) is 4.68 Å². The van der Waals surface area contributed by atoms with E-state index >= 15 is 0 Å². The summed E-state index contributed by atoms with van der Waals surface area (Å²) < 4.78 is 1.75. The van der Waals surface area contributed by atoms with E-state index in [0.717, 1.165) is 5.56 Å². The van der Waals surface area contributed by atoms with E-state index in [1.54, 1.807) is 10.9 Å². The predicted octanol–water partition coefficient (Wildman–Crippen LogP) is 2.43. The van der Waals surface area contributed by atoms with Crippen molar-refractivity contribution in [2.75, 3.05) is 6.61 Å². The largest absolute Gasteiger partial charge is 0.396 e. The van der Waals surface area contributed by atoms with Gasteiger partial charge in [0.1, 0.15) is 5.15 Å². The summed E-state index contributed by atoms with van der Waals surface area (Å²) in [7, 11) is 0. The van der Waals surface area contributed by atoms with Crippen LogP contribution in [0.4, 0.5) is 0 Å². The highest BCUT2D eigenvalue weighted by atomic mass is 35.5. The summed E-state index contributed by atoms with van der Waals surface area (Å²) in [5.41, 5.74) is 3.29. The molecule has 0 fully saturated rings. The first-order chi connectivity index (χ1) is 8.20. The highest BCUT2D eigenvalue weighted by Gasteiger charge is 2.08. The molecule has 17 heavy (non-hydrogen) atoms. The molecule has 0 atom stereocenters. The fraction of sp³-hybridized carbons (Fsp3) is 0.308. The van der Waals surface area contributed by atoms with Crippen molar-refractivity contribution in [1.82, 2.24) is 9.78 Å². The molecule has 0 aliphatic carbocycles. The molecular weight excluding hydrogens is 236 g/mol. The number of halogens is 1. The molecule has 0 unspecified atom stereocenters. The van der Waals surface area contributed by atoms with Gasteiger partial charge in [0.05, 0.1) is 12.7 Å². The molecule has 0 radical (unpaired) electrons. The van der Waals surface area contributed by atoms with Crippen molar-refractivity contribution in [1.29, 1.82) is 0 Å². The molecule has 1 aromatic carbocycles. The molecule has 2 rings (SSSR count). The molecule has 90 valence electrons. The maximum Gasteiger partial charge on any atom is 0.130 e. The van der Waals surface area contributed by atoms with Crippen molar-refractivity contribution in [2.45, 2.75) is 19.9 Å². The molecule has 3 nitrogen and oxygen atoms in total. The number of aliphatic hydroxyl groups is 1. The molecule has 0 saturated carbocycles. The Morgan fingerprint density at radius 1 is 1.41 bits per heavy atom. The fourth-order valence-corrected chi connectivity index (χ4v) is 2.04. The average molecular weight is 251 g/mol. The molecule has 0 bridgehead atoms. The minimum absolute atomic E-state index is 0.0931. The summed E-state index contributed by atoms with van der Waals surface area (Å²) in [5, 5.41) is 13.7. The van der Waals surface area contributed by atoms with Gasteiger partial charge in [-0.3, -0.25) is 0 Å². The van der Waals surface area contributed by atoms with Crippen molar-refractivity contribution < 1.29 is 5.11 Å². The van der Waals surface area contributed by atoms with Gasteiger partial charge in [0, 0.05) is 18.6 Å². The van der Waals surface area contributed by atoms with Gasteiger partial charge in [-0.05, 0) is 12.5 Å². The van der Waals surface area contributed by atoms with E-state index in [9.17, 15) is 0 Å². The molecule has 2 aromatic rings. The van der Waals surface area contributed by atoms with Crippen LogP contribution < -0.4 is 0 Å². The zero-order valence-corrected chi connectivity index (χ0v) is 10.5. The van der Waals surface area contributed by atoms with Gasteiger partial charge >= 0.3 is 0 Å². The SMILES string of the molecule is Cc1cccc(Cn2ncc(CCO)c2Cl)c1. The van der Waals surface area contributed by atoms with Gasteiger partial charge in [0.15, 0.2) is 0 Å². The predicted molar refractivity (Wildman–Crippen MR) is 68.3 cm³/mol. The summed E-state index contributed by atoms with van der Waals surface area (Å²) in [6.07, 6.45) is 2.26. The number of aryl methyl sites for hydroxylation is 1. The second kappa shape index (κ2) is 5.34. The maximum absolute atomic E-state index is 8.88. The Morgan fingerprint density at radius 3 is 2.94 bits per heavy atom. The monoisotopic (exact) mass is 250 g/mol. The van der Waals surface area contributed by atoms with E-state index in [-0.39, 0.29) is 6.61 Å². The highest BCUT2D eigenvalue weighted by molar-refractivity contribution is 6.30. The number of aromatic nitrogens is 2. The van der Waals surface area contributed by atoms with Crippen LogP contribution in [0.5, 0.6) is 0 Å². The third-order valence-electron chi connectivity index (χ3n) is 2.64. The van der Waals surface area contributed by atoms with Crippen LogP contribution in [0.2, 0.25) is 5.15 Å². The first-order valence-corrected chi connectivity index (χ1v) is 5.95. The van der Waals surface area contributed by atoms with Crippen LogP contribution in [0.3, 0.4) is 0 Å². The molecule has 1 heterocycles. The smallest absolute Gasteiger partial charge is 0.130 e. The molecular formula is C13H15ClN2O. The Morgan fingerprint density at radius 2 is 2.24 bits per heavy atom. The second-order valence-corrected chi connectivity index (χ2v) is 4.44. The number of hydrogen-bond donors (Lipinski definition) is 1. The highest BCUT2D eigenvalue weighted by Crippen LogP contribution is 2.17. The molecule has 0 aliphatic rings. The third kappa shape index (κ3) is 2.87. The number of aliphatic hydroxyl groups excluding tert-OH is 1. The summed E-state index contributed by atoms with van der Waals surface area (Å²) in [6.45, 7) is 2.81. The topological polar surface area (TPSA) is 38.0 Å². The van der Waals surface area contributed by atoms with Crippen LogP contribution in [0.1, 0.15) is 16.7 Å². The van der Waals surface area contributed by atoms with Crippen molar-refractivity contribution >= 4 is 11.6 Å². The second-order valence-electron chi connectivity index (χ2n) is 4.08. The molecule has 1 N–H and O–H groups in total. The zero-order valence-electron chi connectivity index (χ0n) is 9.73. The zero-order chi connectivity index (χ0) is 12.3. The Labute approximate surface area is 106 Å². The van der Waals surface area contributed by atoms with Gasteiger partial charge in [0.25, 0.3) is 0 Å². The van der Waals surface area contributed by atoms with Crippen LogP contribution in [0.25, 0.3) is 0 Å². The Hall–Kier alpha value is -1.32. The van der Waals surface area contributed by atoms with E-state index in [1.807, 2.05) is 6.07 Å². The number of nitrogens with zero attached hydrogens (tertiary/aromatic N) is 2. The van der Waals surface area contributed by atoms with Gasteiger partial charge in [-0.2, -0.15) is 5.10 Å². The lowest BCUT2D eigenvalue weighted by atomic mass is 10.1. The number of hydrogen-bond acceptors (Lipinski definition) is 2. The third-order valence-corrected chi connectivity index (χ3v) is 3.08. The summed E-state index contributed by atoms with van der Waals surface area (Å²) in [4.78, 5) is 0. The maximum atomic E-state index is 8.88. The van der Waals surface area contributed by atoms with Gasteiger partial charge < -0.3 is 5.11 Å². The van der Waals surface area contributed by atoms with Crippen molar-refractivity contribution in [3.8, 4) is 0 Å². The van der Waals surface area contributed by atoms with E-state index in [4.69, 9.17) is 16.7 Å². The lowest BCUT2D eigenvalue weighted by Gasteiger charge is -2.05. The minimum atomic E-state index is 0.0931. The summed E-state index contributed by atoms with van der Waals surface area (Å²) in [5.74, 6) is 0. The first-order valence-electron chi connectivity index (χ1n) is 5.57. The van der Waals surface area contributed by atoms with Crippen molar-refractivity contribution in [3.63, 3.8) is 0 Å². The van der Waals surface area contributed by atoms with Crippen LogP contribution in [-0.2, 0) is 13.0 Å². The lowest BCUT2D eigenvalue weighted by Crippen LogP contribution is -2.02. The molecule has 0 spiro atoms. The standard InChI is InChI=1S/C13H15ClN2O/c1-10-3-2-4-11(7-10)9-16-13(14)12(5-6-17)8-15-16/h2-4,7-8,17H,5-6,9H2,1H3. The number of benzene rings is 1. The molecule has 0 saturated heterocycles. The molecule has 0 aliphatic heterocycles. The van der Waals surface area contributed by atoms with Crippen LogP contribution in [-0.4, -0.2) is 21.5 Å². The molecule has 1 aromatic heterocycles. The van der Waals surface area contributed by atoms with Crippen molar-refractivity contribution in [3.05, 3.63) is 52.3 Å². The summed E-state index contributed by atoms with van der Waals surface area (Å²) >= 11 is 6.18. The fourth-order valence-electron chi connectivity index (χ4n) is 1.79. The van der Waals surface area contributed by atoms with Crippen LogP contribution in [0, 0.1) is 6.92 Å². The summed E-state index contributed by atoms with van der Waals surface area (Å²) in [6, 6.07) is 8.25. The van der Waals surface area contributed by atoms with Gasteiger partial charge in [0.2, 0.25) is 0 Å². The Kier molecular flexibility index (Phi) is 3.82. The van der Waals surface area contributed by atoms with Crippen LogP contribution in [0.15, 0.2) is 30.5 Å². The van der Waals surface area contributed by atoms with E-state index in [2.05, 4.69) is 30.2 Å². The number of rotatable bonds is 4. The molecule has 0 amide bonds. The van der Waals surface area contributed by atoms with E-state index in [1.165, 1.54) is 11.1 Å². The quantitative estimate of drug-likeness (QED) is 0.905. The normalized spacial score (nSPS) is 10.8. The average Bonchev–Trinajstić information content (AvgIpc) is 2.62. The van der Waals surface area contributed by atoms with Gasteiger partial charge in [-0.1, -0.05) is 41.4 Å². The first kappa shape index (κ1) is 12.1. The van der Waals surface area contributed by atoms with E-state index < -0.39 is 0 Å². The Balaban J connectivity index is 2.19.